The summed E-state index contributed by atoms with van der Waals surface area (Å²) in [4.78, 5) is 19.2. The first-order valence-corrected chi connectivity index (χ1v) is 8.10. The van der Waals surface area contributed by atoms with Gasteiger partial charge in [-0.15, -0.1) is 12.4 Å². The Morgan fingerprint density at radius 3 is 2.91 bits per heavy atom. The van der Waals surface area contributed by atoms with Gasteiger partial charge in [-0.3, -0.25) is 9.78 Å². The van der Waals surface area contributed by atoms with Gasteiger partial charge in [0, 0.05) is 35.7 Å². The van der Waals surface area contributed by atoms with E-state index >= 15 is 0 Å². The van der Waals surface area contributed by atoms with E-state index in [1.54, 1.807) is 12.3 Å². The van der Waals surface area contributed by atoms with Crippen LogP contribution in [0.25, 0.3) is 10.9 Å². The Bertz CT molecular complexity index is 752. The second-order valence-electron chi connectivity index (χ2n) is 6.40. The molecule has 122 valence electrons. The maximum Gasteiger partial charge on any atom is 0.256 e. The lowest BCUT2D eigenvalue weighted by Gasteiger charge is -2.19. The summed E-state index contributed by atoms with van der Waals surface area (Å²) in [6.07, 6.45) is 3.92. The number of pyridine rings is 1. The molecule has 0 bridgehead atoms. The number of fused-ring (bicyclic) bond motifs is 2. The molecule has 2 aromatic rings. The van der Waals surface area contributed by atoms with Gasteiger partial charge in [0.2, 0.25) is 0 Å². The largest absolute Gasteiger partial charge is 0.338 e. The van der Waals surface area contributed by atoms with E-state index in [0.717, 1.165) is 36.8 Å². The molecule has 1 aliphatic carbocycles. The fourth-order valence-electron chi connectivity index (χ4n) is 3.96. The molecule has 3 unspecified atom stereocenters. The maximum absolute atomic E-state index is 12.9. The Balaban J connectivity index is 0.00000156. The smallest absolute Gasteiger partial charge is 0.256 e. The molecule has 0 radical (unpaired) electrons. The predicted octanol–water partition coefficient (Wildman–Crippen LogP) is 3.12. The van der Waals surface area contributed by atoms with Crippen molar-refractivity contribution in [2.24, 2.45) is 17.6 Å². The van der Waals surface area contributed by atoms with Crippen LogP contribution in [0.1, 0.15) is 23.2 Å². The van der Waals surface area contributed by atoms with Crippen LogP contribution in [-0.2, 0) is 0 Å². The van der Waals surface area contributed by atoms with Crippen molar-refractivity contribution < 1.29 is 4.79 Å². The molecule has 2 fully saturated rings. The number of aromatic nitrogens is 1. The van der Waals surface area contributed by atoms with Crippen LogP contribution in [0.5, 0.6) is 0 Å². The van der Waals surface area contributed by atoms with Crippen LogP contribution in [0, 0.1) is 11.8 Å². The zero-order valence-corrected chi connectivity index (χ0v) is 14.2. The summed E-state index contributed by atoms with van der Waals surface area (Å²) in [6, 6.07) is 7.59. The van der Waals surface area contributed by atoms with Crippen LogP contribution in [0.2, 0.25) is 5.02 Å². The molecular weight excluding hydrogens is 333 g/mol. The molecule has 1 aromatic heterocycles. The van der Waals surface area contributed by atoms with Crippen LogP contribution >= 0.6 is 24.0 Å². The van der Waals surface area contributed by atoms with Crippen molar-refractivity contribution in [3.63, 3.8) is 0 Å². The van der Waals surface area contributed by atoms with Gasteiger partial charge in [0.15, 0.2) is 0 Å². The van der Waals surface area contributed by atoms with Gasteiger partial charge >= 0.3 is 0 Å². The van der Waals surface area contributed by atoms with Crippen molar-refractivity contribution in [3.8, 4) is 0 Å². The van der Waals surface area contributed by atoms with E-state index in [1.807, 2.05) is 23.1 Å². The fourth-order valence-corrected chi connectivity index (χ4v) is 4.19. The van der Waals surface area contributed by atoms with Gasteiger partial charge in [-0.2, -0.15) is 0 Å². The van der Waals surface area contributed by atoms with E-state index in [2.05, 4.69) is 4.98 Å². The molecule has 2 heterocycles. The molecule has 0 spiro atoms. The van der Waals surface area contributed by atoms with Crippen molar-refractivity contribution in [3.05, 3.63) is 41.0 Å². The van der Waals surface area contributed by atoms with Crippen LogP contribution in [-0.4, -0.2) is 34.9 Å². The number of likely N-dealkylation sites (tertiary alicyclic amines) is 1. The Morgan fingerprint density at radius 1 is 1.30 bits per heavy atom. The van der Waals surface area contributed by atoms with Crippen LogP contribution in [0.3, 0.4) is 0 Å². The van der Waals surface area contributed by atoms with Gasteiger partial charge in [0.25, 0.3) is 5.91 Å². The molecule has 1 saturated heterocycles. The number of hydrogen-bond acceptors (Lipinski definition) is 3. The highest BCUT2D eigenvalue weighted by Crippen LogP contribution is 2.38. The van der Waals surface area contributed by atoms with E-state index < -0.39 is 0 Å². The van der Waals surface area contributed by atoms with E-state index in [-0.39, 0.29) is 24.4 Å². The van der Waals surface area contributed by atoms with E-state index in [9.17, 15) is 4.79 Å². The molecule has 6 heteroatoms. The van der Waals surface area contributed by atoms with Crippen molar-refractivity contribution in [1.82, 2.24) is 9.88 Å². The lowest BCUT2D eigenvalue weighted by Crippen LogP contribution is -2.33. The lowest BCUT2D eigenvalue weighted by molar-refractivity contribution is 0.0781. The molecule has 1 aromatic carbocycles. The second-order valence-corrected chi connectivity index (χ2v) is 6.84. The normalized spacial score (nSPS) is 26.2. The predicted molar refractivity (Wildman–Crippen MR) is 94.1 cm³/mol. The van der Waals surface area contributed by atoms with Crippen molar-refractivity contribution in [2.45, 2.75) is 18.9 Å². The third-order valence-electron chi connectivity index (χ3n) is 5.10. The average molecular weight is 352 g/mol. The Hall–Kier alpha value is -1.36. The number of carbonyl (C=O) groups excluding carboxylic acids is 1. The number of amides is 1. The topological polar surface area (TPSA) is 59.2 Å². The van der Waals surface area contributed by atoms with Crippen molar-refractivity contribution in [2.75, 3.05) is 13.1 Å². The van der Waals surface area contributed by atoms with Crippen molar-refractivity contribution in [1.29, 1.82) is 0 Å². The number of carbonyl (C=O) groups is 1. The lowest BCUT2D eigenvalue weighted by atomic mass is 9.98. The molecular formula is C17H19Cl2N3O. The summed E-state index contributed by atoms with van der Waals surface area (Å²) in [5, 5.41) is 1.47. The number of rotatable bonds is 1. The van der Waals surface area contributed by atoms with Gasteiger partial charge in [0.1, 0.15) is 0 Å². The summed E-state index contributed by atoms with van der Waals surface area (Å²) >= 11 is 6.18. The van der Waals surface area contributed by atoms with Crippen LogP contribution in [0.4, 0.5) is 0 Å². The summed E-state index contributed by atoms with van der Waals surface area (Å²) in [5.41, 5.74) is 7.48. The third-order valence-corrected chi connectivity index (χ3v) is 5.32. The first-order valence-electron chi connectivity index (χ1n) is 7.72. The zero-order chi connectivity index (χ0) is 15.3. The second kappa shape index (κ2) is 6.27. The maximum atomic E-state index is 12.9. The number of nitrogens with zero attached hydrogens (tertiary/aromatic N) is 2. The van der Waals surface area contributed by atoms with Gasteiger partial charge < -0.3 is 10.6 Å². The van der Waals surface area contributed by atoms with Gasteiger partial charge in [-0.05, 0) is 42.9 Å². The molecule has 3 atom stereocenters. The van der Waals surface area contributed by atoms with Gasteiger partial charge in [0.05, 0.1) is 11.1 Å². The highest BCUT2D eigenvalue weighted by molar-refractivity contribution is 6.32. The van der Waals surface area contributed by atoms with Gasteiger partial charge in [-0.1, -0.05) is 17.7 Å². The summed E-state index contributed by atoms with van der Waals surface area (Å²) < 4.78 is 0. The summed E-state index contributed by atoms with van der Waals surface area (Å²) in [7, 11) is 0. The Morgan fingerprint density at radius 2 is 2.13 bits per heavy atom. The zero-order valence-electron chi connectivity index (χ0n) is 12.6. The molecule has 4 nitrogen and oxygen atoms in total. The Labute approximate surface area is 146 Å². The van der Waals surface area contributed by atoms with E-state index in [1.165, 1.54) is 0 Å². The van der Waals surface area contributed by atoms with E-state index in [4.69, 9.17) is 17.3 Å². The van der Waals surface area contributed by atoms with E-state index in [0.29, 0.717) is 22.4 Å². The number of benzene rings is 1. The standard InChI is InChI=1S/C17H18ClN3O.ClH/c18-12-6-10-2-1-5-20-16(10)13(7-12)17(22)21-8-11-3-4-15(19)14(11)9-21;/h1-2,5-7,11,14-15H,3-4,8-9,19H2;1H. The average Bonchev–Trinajstić information content (AvgIpc) is 3.08. The summed E-state index contributed by atoms with van der Waals surface area (Å²) in [5.74, 6) is 1.02. The molecule has 2 N–H and O–H groups in total. The minimum absolute atomic E-state index is 0. The monoisotopic (exact) mass is 351 g/mol. The number of nitrogens with two attached hydrogens (primary N) is 1. The molecule has 23 heavy (non-hydrogen) atoms. The fraction of sp³-hybridized carbons (Fsp3) is 0.412. The first kappa shape index (κ1) is 16.5. The highest BCUT2D eigenvalue weighted by Gasteiger charge is 2.42. The summed E-state index contributed by atoms with van der Waals surface area (Å²) in [6.45, 7) is 1.56. The van der Waals surface area contributed by atoms with Crippen molar-refractivity contribution >= 4 is 40.8 Å². The molecule has 1 amide bonds. The Kier molecular flexibility index (Phi) is 4.50. The van der Waals surface area contributed by atoms with Crippen LogP contribution < -0.4 is 5.73 Å². The molecule has 1 saturated carbocycles. The number of hydrogen-bond donors (Lipinski definition) is 1. The third kappa shape index (κ3) is 2.80. The first-order chi connectivity index (χ1) is 10.6. The SMILES string of the molecule is Cl.NC1CCC2CN(C(=O)c3cc(Cl)cc4cccnc34)CC12. The molecule has 2 aliphatic rings. The minimum atomic E-state index is 0. The molecule has 1 aliphatic heterocycles. The highest BCUT2D eigenvalue weighted by atomic mass is 35.5. The molecule has 4 rings (SSSR count). The number of halogens is 2. The van der Waals surface area contributed by atoms with Crippen LogP contribution in [0.15, 0.2) is 30.5 Å². The quantitative estimate of drug-likeness (QED) is 0.858. The minimum Gasteiger partial charge on any atom is -0.338 e. The van der Waals surface area contributed by atoms with Gasteiger partial charge in [-0.25, -0.2) is 0 Å².